The summed E-state index contributed by atoms with van der Waals surface area (Å²) in [6.45, 7) is 7.43. The van der Waals surface area contributed by atoms with Crippen LogP contribution in [0.25, 0.3) is 0 Å². The van der Waals surface area contributed by atoms with Crippen molar-refractivity contribution >= 4 is 17.4 Å². The van der Waals surface area contributed by atoms with Crippen LogP contribution >= 0.6 is 11.6 Å². The Balaban J connectivity index is 2.96. The summed E-state index contributed by atoms with van der Waals surface area (Å²) < 4.78 is 0. The van der Waals surface area contributed by atoms with Gasteiger partial charge in [0.15, 0.2) is 0 Å². The fraction of sp³-hybridized carbons (Fsp3) is 0.643. The van der Waals surface area contributed by atoms with Crippen LogP contribution in [0.1, 0.15) is 45.7 Å². The highest BCUT2D eigenvalue weighted by Gasteiger charge is 2.15. The van der Waals surface area contributed by atoms with E-state index in [1.165, 1.54) is 0 Å². The average molecular weight is 271 g/mol. The molecule has 4 heteroatoms. The SMILES string of the molecule is CCCCN(c1ccc(Cl)c(CO)n1)C(C)CC. The molecule has 0 saturated carbocycles. The maximum absolute atomic E-state index is 9.23. The molecule has 0 radical (unpaired) electrons. The van der Waals surface area contributed by atoms with Gasteiger partial charge in [0, 0.05) is 12.6 Å². The highest BCUT2D eigenvalue weighted by molar-refractivity contribution is 6.31. The third-order valence-corrected chi connectivity index (χ3v) is 3.57. The van der Waals surface area contributed by atoms with E-state index in [-0.39, 0.29) is 6.61 Å². The average Bonchev–Trinajstić information content (AvgIpc) is 2.40. The standard InChI is InChI=1S/C14H23ClN2O/c1-4-6-9-17(11(3)5-2)14-8-7-12(15)13(10-18)16-14/h7-8,11,18H,4-6,9-10H2,1-3H3. The first-order chi connectivity index (χ1) is 8.63. The fourth-order valence-electron chi connectivity index (χ4n) is 1.85. The molecular weight excluding hydrogens is 248 g/mol. The summed E-state index contributed by atoms with van der Waals surface area (Å²) in [7, 11) is 0. The molecule has 1 rings (SSSR count). The summed E-state index contributed by atoms with van der Waals surface area (Å²) >= 11 is 5.98. The Morgan fingerprint density at radius 3 is 2.67 bits per heavy atom. The number of hydrogen-bond acceptors (Lipinski definition) is 3. The Bertz CT molecular complexity index is 371. The van der Waals surface area contributed by atoms with Gasteiger partial charge < -0.3 is 10.0 Å². The highest BCUT2D eigenvalue weighted by Crippen LogP contribution is 2.22. The van der Waals surface area contributed by atoms with Crippen LogP contribution in [-0.4, -0.2) is 22.7 Å². The molecule has 1 N–H and O–H groups in total. The number of pyridine rings is 1. The van der Waals surface area contributed by atoms with E-state index < -0.39 is 0 Å². The molecule has 0 spiro atoms. The Hall–Kier alpha value is -0.800. The van der Waals surface area contributed by atoms with E-state index in [1.54, 1.807) is 0 Å². The number of aliphatic hydroxyl groups is 1. The van der Waals surface area contributed by atoms with Crippen LogP contribution < -0.4 is 4.90 Å². The topological polar surface area (TPSA) is 36.4 Å². The van der Waals surface area contributed by atoms with Crippen molar-refractivity contribution in [3.05, 3.63) is 22.8 Å². The lowest BCUT2D eigenvalue weighted by molar-refractivity contribution is 0.277. The van der Waals surface area contributed by atoms with E-state index in [1.807, 2.05) is 12.1 Å². The molecule has 0 fully saturated rings. The minimum atomic E-state index is -0.116. The maximum atomic E-state index is 9.23. The second-order valence-electron chi connectivity index (χ2n) is 4.56. The lowest BCUT2D eigenvalue weighted by atomic mass is 10.2. The van der Waals surface area contributed by atoms with Gasteiger partial charge in [-0.1, -0.05) is 31.9 Å². The van der Waals surface area contributed by atoms with Gasteiger partial charge in [0.1, 0.15) is 5.82 Å². The zero-order valence-corrected chi connectivity index (χ0v) is 12.2. The number of unbranched alkanes of at least 4 members (excludes halogenated alkanes) is 1. The molecule has 3 nitrogen and oxygen atoms in total. The molecule has 0 bridgehead atoms. The van der Waals surface area contributed by atoms with Crippen molar-refractivity contribution in [2.45, 2.75) is 52.7 Å². The number of nitrogens with zero attached hydrogens (tertiary/aromatic N) is 2. The van der Waals surface area contributed by atoms with Crippen molar-refractivity contribution in [1.82, 2.24) is 4.98 Å². The summed E-state index contributed by atoms with van der Waals surface area (Å²) in [6.07, 6.45) is 3.37. The molecule has 1 atom stereocenters. The maximum Gasteiger partial charge on any atom is 0.129 e. The van der Waals surface area contributed by atoms with E-state index in [4.69, 9.17) is 11.6 Å². The molecule has 0 aromatic carbocycles. The first-order valence-electron chi connectivity index (χ1n) is 6.66. The predicted molar refractivity (Wildman–Crippen MR) is 77.2 cm³/mol. The first kappa shape index (κ1) is 15.3. The van der Waals surface area contributed by atoms with Crippen molar-refractivity contribution in [1.29, 1.82) is 0 Å². The van der Waals surface area contributed by atoms with E-state index in [2.05, 4.69) is 30.7 Å². The quantitative estimate of drug-likeness (QED) is 0.822. The Morgan fingerprint density at radius 1 is 1.39 bits per heavy atom. The van der Waals surface area contributed by atoms with Gasteiger partial charge in [0.05, 0.1) is 17.3 Å². The van der Waals surface area contributed by atoms with E-state index in [9.17, 15) is 5.11 Å². The van der Waals surface area contributed by atoms with Gasteiger partial charge in [0.2, 0.25) is 0 Å². The monoisotopic (exact) mass is 270 g/mol. The number of aromatic nitrogens is 1. The van der Waals surface area contributed by atoms with Crippen molar-refractivity contribution in [2.75, 3.05) is 11.4 Å². The molecule has 0 amide bonds. The van der Waals surface area contributed by atoms with Crippen LogP contribution in [-0.2, 0) is 6.61 Å². The van der Waals surface area contributed by atoms with E-state index in [0.717, 1.165) is 31.6 Å². The lowest BCUT2D eigenvalue weighted by Gasteiger charge is -2.30. The second kappa shape index (κ2) is 7.59. The number of hydrogen-bond donors (Lipinski definition) is 1. The lowest BCUT2D eigenvalue weighted by Crippen LogP contribution is -2.34. The van der Waals surface area contributed by atoms with Gasteiger partial charge in [-0.05, 0) is 31.9 Å². The molecule has 0 aliphatic heterocycles. The normalized spacial score (nSPS) is 12.5. The van der Waals surface area contributed by atoms with Gasteiger partial charge >= 0.3 is 0 Å². The van der Waals surface area contributed by atoms with Crippen LogP contribution in [0.5, 0.6) is 0 Å². The fourth-order valence-corrected chi connectivity index (χ4v) is 2.02. The van der Waals surface area contributed by atoms with Gasteiger partial charge in [-0.3, -0.25) is 0 Å². The molecule has 1 unspecified atom stereocenters. The number of aliphatic hydroxyl groups excluding tert-OH is 1. The summed E-state index contributed by atoms with van der Waals surface area (Å²) in [5, 5.41) is 9.76. The zero-order chi connectivity index (χ0) is 13.5. The van der Waals surface area contributed by atoms with E-state index in [0.29, 0.717) is 16.8 Å². The molecule has 1 aromatic rings. The molecule has 1 heterocycles. The van der Waals surface area contributed by atoms with Crippen molar-refractivity contribution in [2.24, 2.45) is 0 Å². The Labute approximate surface area is 115 Å². The smallest absolute Gasteiger partial charge is 0.129 e. The molecule has 102 valence electrons. The largest absolute Gasteiger partial charge is 0.390 e. The van der Waals surface area contributed by atoms with Crippen molar-refractivity contribution in [3.8, 4) is 0 Å². The van der Waals surface area contributed by atoms with Crippen LogP contribution in [0.15, 0.2) is 12.1 Å². The molecule has 0 saturated heterocycles. The summed E-state index contributed by atoms with van der Waals surface area (Å²) in [4.78, 5) is 6.75. The van der Waals surface area contributed by atoms with Crippen LogP contribution in [0.2, 0.25) is 5.02 Å². The second-order valence-corrected chi connectivity index (χ2v) is 4.97. The third kappa shape index (κ3) is 3.85. The molecule has 0 aliphatic carbocycles. The van der Waals surface area contributed by atoms with Crippen molar-refractivity contribution < 1.29 is 5.11 Å². The predicted octanol–water partition coefficient (Wildman–Crippen LogP) is 3.63. The van der Waals surface area contributed by atoms with Crippen LogP contribution in [0.3, 0.4) is 0 Å². The molecule has 18 heavy (non-hydrogen) atoms. The summed E-state index contributed by atoms with van der Waals surface area (Å²) in [5.41, 5.74) is 0.555. The molecular formula is C14H23ClN2O. The number of rotatable bonds is 7. The first-order valence-corrected chi connectivity index (χ1v) is 7.04. The molecule has 0 aliphatic rings. The minimum Gasteiger partial charge on any atom is -0.390 e. The number of halogens is 1. The Morgan fingerprint density at radius 2 is 2.11 bits per heavy atom. The van der Waals surface area contributed by atoms with Gasteiger partial charge in [-0.2, -0.15) is 0 Å². The Kier molecular flexibility index (Phi) is 6.44. The minimum absolute atomic E-state index is 0.116. The highest BCUT2D eigenvalue weighted by atomic mass is 35.5. The number of anilines is 1. The van der Waals surface area contributed by atoms with Gasteiger partial charge in [0.25, 0.3) is 0 Å². The van der Waals surface area contributed by atoms with Gasteiger partial charge in [-0.15, -0.1) is 0 Å². The van der Waals surface area contributed by atoms with Crippen LogP contribution in [0.4, 0.5) is 5.82 Å². The van der Waals surface area contributed by atoms with Crippen LogP contribution in [0, 0.1) is 0 Å². The van der Waals surface area contributed by atoms with Gasteiger partial charge in [-0.25, -0.2) is 4.98 Å². The zero-order valence-electron chi connectivity index (χ0n) is 11.5. The third-order valence-electron chi connectivity index (χ3n) is 3.22. The summed E-state index contributed by atoms with van der Waals surface area (Å²) in [5.74, 6) is 0.909. The summed E-state index contributed by atoms with van der Waals surface area (Å²) in [6, 6.07) is 4.19. The molecule has 1 aromatic heterocycles. The van der Waals surface area contributed by atoms with E-state index >= 15 is 0 Å². The van der Waals surface area contributed by atoms with Crippen molar-refractivity contribution in [3.63, 3.8) is 0 Å².